The van der Waals surface area contributed by atoms with Crippen LogP contribution in [0.4, 0.5) is 0 Å². The van der Waals surface area contributed by atoms with E-state index in [9.17, 15) is 9.59 Å². The van der Waals surface area contributed by atoms with Crippen molar-refractivity contribution in [2.24, 2.45) is 5.73 Å². The van der Waals surface area contributed by atoms with E-state index < -0.39 is 0 Å². The molecule has 6 heteroatoms. The van der Waals surface area contributed by atoms with Crippen molar-refractivity contribution in [2.75, 3.05) is 45.8 Å². The zero-order valence-corrected chi connectivity index (χ0v) is 13.1. The maximum atomic E-state index is 12.4. The van der Waals surface area contributed by atoms with E-state index in [2.05, 4.69) is 4.90 Å². The van der Waals surface area contributed by atoms with Crippen LogP contribution >= 0.6 is 0 Å². The Kier molecular flexibility index (Phi) is 5.99. The molecule has 0 aromatic rings. The van der Waals surface area contributed by atoms with Crippen LogP contribution in [0.3, 0.4) is 0 Å². The Labute approximate surface area is 127 Å². The van der Waals surface area contributed by atoms with Crippen molar-refractivity contribution < 1.29 is 9.59 Å². The third-order valence-electron chi connectivity index (χ3n) is 4.58. The molecule has 2 aliphatic heterocycles. The Hall–Kier alpha value is -1.14. The Morgan fingerprint density at radius 3 is 2.19 bits per heavy atom. The van der Waals surface area contributed by atoms with Crippen LogP contribution in [-0.2, 0) is 9.59 Å². The molecular formula is C15H28N4O2. The summed E-state index contributed by atoms with van der Waals surface area (Å²) >= 11 is 0. The lowest BCUT2D eigenvalue weighted by molar-refractivity contribution is -0.138. The van der Waals surface area contributed by atoms with Gasteiger partial charge >= 0.3 is 0 Å². The summed E-state index contributed by atoms with van der Waals surface area (Å²) in [6, 6.07) is -0.0654. The predicted octanol–water partition coefficient (Wildman–Crippen LogP) is -0.120. The maximum absolute atomic E-state index is 12.4. The molecule has 21 heavy (non-hydrogen) atoms. The summed E-state index contributed by atoms with van der Waals surface area (Å²) in [5.41, 5.74) is 5.44. The molecule has 1 unspecified atom stereocenters. The molecule has 0 aromatic carbocycles. The maximum Gasteiger partial charge on any atom is 0.239 e. The van der Waals surface area contributed by atoms with Gasteiger partial charge in [-0.2, -0.15) is 0 Å². The van der Waals surface area contributed by atoms with E-state index in [-0.39, 0.29) is 17.9 Å². The fourth-order valence-electron chi connectivity index (χ4n) is 3.13. The molecule has 1 atom stereocenters. The number of nitrogens with zero attached hydrogens (tertiary/aromatic N) is 3. The van der Waals surface area contributed by atoms with Gasteiger partial charge in [-0.1, -0.05) is 0 Å². The van der Waals surface area contributed by atoms with Gasteiger partial charge in [-0.3, -0.25) is 14.5 Å². The highest BCUT2D eigenvalue weighted by molar-refractivity contribution is 5.81. The fraction of sp³-hybridized carbons (Fsp3) is 0.867. The number of hydrogen-bond donors (Lipinski definition) is 1. The number of carbonyl (C=O) groups excluding carboxylic acids is 2. The van der Waals surface area contributed by atoms with E-state index in [1.807, 2.05) is 16.7 Å². The highest BCUT2D eigenvalue weighted by Crippen LogP contribution is 2.14. The number of amides is 2. The van der Waals surface area contributed by atoms with Gasteiger partial charge in [-0.15, -0.1) is 0 Å². The van der Waals surface area contributed by atoms with E-state index in [4.69, 9.17) is 5.73 Å². The van der Waals surface area contributed by atoms with Crippen LogP contribution in [0.25, 0.3) is 0 Å². The van der Waals surface area contributed by atoms with Crippen LogP contribution in [-0.4, -0.2) is 78.4 Å². The molecule has 0 spiro atoms. The van der Waals surface area contributed by atoms with Crippen LogP contribution < -0.4 is 5.73 Å². The lowest BCUT2D eigenvalue weighted by Crippen LogP contribution is -2.55. The van der Waals surface area contributed by atoms with Crippen LogP contribution in [0.2, 0.25) is 0 Å². The molecule has 0 bridgehead atoms. The van der Waals surface area contributed by atoms with E-state index in [1.165, 1.54) is 0 Å². The van der Waals surface area contributed by atoms with Gasteiger partial charge in [0.25, 0.3) is 0 Å². The second kappa shape index (κ2) is 7.75. The molecular weight excluding hydrogens is 268 g/mol. The minimum Gasteiger partial charge on any atom is -0.341 e. The highest BCUT2D eigenvalue weighted by atomic mass is 16.2. The summed E-state index contributed by atoms with van der Waals surface area (Å²) in [5, 5.41) is 0. The van der Waals surface area contributed by atoms with E-state index in [1.54, 1.807) is 0 Å². The first-order valence-electron chi connectivity index (χ1n) is 8.14. The number of carbonyl (C=O) groups is 2. The number of hydrogen-bond acceptors (Lipinski definition) is 4. The Balaban J connectivity index is 1.77. The molecule has 0 saturated carbocycles. The molecule has 2 N–H and O–H groups in total. The lowest BCUT2D eigenvalue weighted by Gasteiger charge is -2.38. The smallest absolute Gasteiger partial charge is 0.239 e. The van der Waals surface area contributed by atoms with Gasteiger partial charge in [0.05, 0.1) is 6.04 Å². The Morgan fingerprint density at radius 2 is 1.62 bits per heavy atom. The predicted molar refractivity (Wildman–Crippen MR) is 81.7 cm³/mol. The van der Waals surface area contributed by atoms with Gasteiger partial charge in [0.2, 0.25) is 11.8 Å². The van der Waals surface area contributed by atoms with Crippen molar-refractivity contribution in [3.05, 3.63) is 0 Å². The second-order valence-corrected chi connectivity index (χ2v) is 6.02. The molecule has 2 fully saturated rings. The van der Waals surface area contributed by atoms with Crippen LogP contribution in [0.5, 0.6) is 0 Å². The standard InChI is InChI=1S/C15H28N4O2/c1-13(15(21)19-7-2-3-8-19)17-9-11-18(12-10-17)14(20)5-4-6-16/h13H,2-12,16H2,1H3. The Morgan fingerprint density at radius 1 is 1.00 bits per heavy atom. The molecule has 2 aliphatic rings. The normalized spacial score (nSPS) is 21.6. The van der Waals surface area contributed by atoms with Gasteiger partial charge in [0.1, 0.15) is 0 Å². The molecule has 0 aliphatic carbocycles. The van der Waals surface area contributed by atoms with Gasteiger partial charge in [-0.25, -0.2) is 0 Å². The van der Waals surface area contributed by atoms with Gasteiger partial charge in [0, 0.05) is 45.7 Å². The first-order chi connectivity index (χ1) is 10.1. The van der Waals surface area contributed by atoms with E-state index >= 15 is 0 Å². The van der Waals surface area contributed by atoms with Crippen LogP contribution in [0.1, 0.15) is 32.6 Å². The van der Waals surface area contributed by atoms with Crippen molar-refractivity contribution in [3.8, 4) is 0 Å². The molecule has 2 saturated heterocycles. The van der Waals surface area contributed by atoms with E-state index in [0.717, 1.165) is 58.5 Å². The van der Waals surface area contributed by atoms with Crippen LogP contribution in [0.15, 0.2) is 0 Å². The molecule has 0 radical (unpaired) electrons. The van der Waals surface area contributed by atoms with Crippen molar-refractivity contribution in [3.63, 3.8) is 0 Å². The number of nitrogens with two attached hydrogens (primary N) is 1. The SMILES string of the molecule is CC(C(=O)N1CCCC1)N1CCN(C(=O)CCCN)CC1. The van der Waals surface area contributed by atoms with Crippen molar-refractivity contribution in [2.45, 2.75) is 38.6 Å². The molecule has 6 nitrogen and oxygen atoms in total. The first-order valence-corrected chi connectivity index (χ1v) is 8.14. The largest absolute Gasteiger partial charge is 0.341 e. The Bertz CT molecular complexity index is 361. The zero-order valence-electron chi connectivity index (χ0n) is 13.1. The van der Waals surface area contributed by atoms with E-state index in [0.29, 0.717) is 13.0 Å². The average Bonchev–Trinajstić information content (AvgIpc) is 3.05. The average molecular weight is 296 g/mol. The van der Waals surface area contributed by atoms with Crippen molar-refractivity contribution in [1.82, 2.24) is 14.7 Å². The molecule has 2 amide bonds. The minimum absolute atomic E-state index is 0.0654. The quantitative estimate of drug-likeness (QED) is 0.768. The summed E-state index contributed by atoms with van der Waals surface area (Å²) in [6.45, 7) is 7.38. The summed E-state index contributed by atoms with van der Waals surface area (Å²) < 4.78 is 0. The molecule has 2 heterocycles. The highest BCUT2D eigenvalue weighted by Gasteiger charge is 2.30. The van der Waals surface area contributed by atoms with Gasteiger partial charge < -0.3 is 15.5 Å². The molecule has 2 rings (SSSR count). The van der Waals surface area contributed by atoms with Gasteiger partial charge in [-0.05, 0) is 32.7 Å². The third-order valence-corrected chi connectivity index (χ3v) is 4.58. The number of piperazine rings is 1. The van der Waals surface area contributed by atoms with Crippen molar-refractivity contribution in [1.29, 1.82) is 0 Å². The summed E-state index contributed by atoms with van der Waals surface area (Å²) in [6.07, 6.45) is 3.55. The zero-order chi connectivity index (χ0) is 15.2. The summed E-state index contributed by atoms with van der Waals surface area (Å²) in [4.78, 5) is 30.4. The van der Waals surface area contributed by atoms with Crippen molar-refractivity contribution >= 4 is 11.8 Å². The number of likely N-dealkylation sites (tertiary alicyclic amines) is 1. The fourth-order valence-corrected chi connectivity index (χ4v) is 3.13. The minimum atomic E-state index is -0.0654. The van der Waals surface area contributed by atoms with Gasteiger partial charge in [0.15, 0.2) is 0 Å². The summed E-state index contributed by atoms with van der Waals surface area (Å²) in [5.74, 6) is 0.439. The topological polar surface area (TPSA) is 69.9 Å². The summed E-state index contributed by atoms with van der Waals surface area (Å²) in [7, 11) is 0. The van der Waals surface area contributed by atoms with Crippen LogP contribution in [0, 0.1) is 0 Å². The monoisotopic (exact) mass is 296 g/mol. The first kappa shape index (κ1) is 16.2. The number of rotatable bonds is 5. The molecule has 120 valence electrons. The molecule has 0 aromatic heterocycles. The third kappa shape index (κ3) is 4.17. The second-order valence-electron chi connectivity index (χ2n) is 6.02. The lowest BCUT2D eigenvalue weighted by atomic mass is 10.2.